The highest BCUT2D eigenvalue weighted by molar-refractivity contribution is 5.98. The van der Waals surface area contributed by atoms with Crippen molar-refractivity contribution < 1.29 is 19.4 Å². The molecule has 0 aliphatic rings. The summed E-state index contributed by atoms with van der Waals surface area (Å²) in [5, 5.41) is 9.58. The number of ketones is 1. The molecule has 0 heterocycles. The maximum absolute atomic E-state index is 11.7. The van der Waals surface area contributed by atoms with Gasteiger partial charge in [-0.25, -0.2) is 4.79 Å². The van der Waals surface area contributed by atoms with Gasteiger partial charge in [0, 0.05) is 5.56 Å². The molecule has 0 radical (unpaired) electrons. The fourth-order valence-electron chi connectivity index (χ4n) is 1.39. The summed E-state index contributed by atoms with van der Waals surface area (Å²) in [7, 11) is 0. The van der Waals surface area contributed by atoms with Crippen molar-refractivity contribution in [2.75, 3.05) is 6.61 Å². The van der Waals surface area contributed by atoms with Gasteiger partial charge in [0.05, 0.1) is 0 Å². The van der Waals surface area contributed by atoms with Crippen LogP contribution in [0.1, 0.15) is 30.6 Å². The number of aliphatic hydroxyl groups is 1. The van der Waals surface area contributed by atoms with Gasteiger partial charge in [-0.3, -0.25) is 4.79 Å². The van der Waals surface area contributed by atoms with E-state index in [4.69, 9.17) is 4.74 Å². The number of hydrogen-bond donors (Lipinski definition) is 1. The molecule has 4 heteroatoms. The van der Waals surface area contributed by atoms with Crippen LogP contribution in [0, 0.1) is 5.92 Å². The number of benzene rings is 1. The van der Waals surface area contributed by atoms with Crippen LogP contribution in [0.5, 0.6) is 0 Å². The van der Waals surface area contributed by atoms with E-state index < -0.39 is 12.1 Å². The van der Waals surface area contributed by atoms with Gasteiger partial charge < -0.3 is 9.84 Å². The standard InChI is InChI=1S/C14H18O4/c1-3-10(2)13(16)14(17)18-9-12(15)11-7-5-4-6-8-11/h4-8,10,13,16H,3,9H2,1-2H3/t10-,13-/m1/s1. The molecule has 0 aromatic heterocycles. The van der Waals surface area contributed by atoms with Gasteiger partial charge in [-0.05, 0) is 5.92 Å². The smallest absolute Gasteiger partial charge is 0.335 e. The van der Waals surface area contributed by atoms with Crippen LogP contribution in [-0.2, 0) is 9.53 Å². The first-order valence-corrected chi connectivity index (χ1v) is 5.99. The Balaban J connectivity index is 2.46. The van der Waals surface area contributed by atoms with E-state index in [2.05, 4.69) is 0 Å². The van der Waals surface area contributed by atoms with E-state index in [1.165, 1.54) is 0 Å². The predicted octanol–water partition coefficient (Wildman–Crippen LogP) is 1.82. The third-order valence-corrected chi connectivity index (χ3v) is 2.87. The van der Waals surface area contributed by atoms with Crippen molar-refractivity contribution in [3.05, 3.63) is 35.9 Å². The van der Waals surface area contributed by atoms with Crippen molar-refractivity contribution in [3.63, 3.8) is 0 Å². The van der Waals surface area contributed by atoms with Crippen molar-refractivity contribution in [1.29, 1.82) is 0 Å². The lowest BCUT2D eigenvalue weighted by Crippen LogP contribution is -2.30. The molecule has 4 nitrogen and oxygen atoms in total. The summed E-state index contributed by atoms with van der Waals surface area (Å²) in [6.45, 7) is 3.29. The Hall–Kier alpha value is -1.68. The van der Waals surface area contributed by atoms with Crippen LogP contribution in [0.15, 0.2) is 30.3 Å². The summed E-state index contributed by atoms with van der Waals surface area (Å²) in [5.41, 5.74) is 0.489. The summed E-state index contributed by atoms with van der Waals surface area (Å²) in [4.78, 5) is 23.1. The highest BCUT2D eigenvalue weighted by atomic mass is 16.5. The van der Waals surface area contributed by atoms with Crippen LogP contribution in [0.25, 0.3) is 0 Å². The molecule has 2 atom stereocenters. The third-order valence-electron chi connectivity index (χ3n) is 2.87. The molecular formula is C14H18O4. The van der Waals surface area contributed by atoms with Crippen LogP contribution in [0.3, 0.4) is 0 Å². The topological polar surface area (TPSA) is 63.6 Å². The molecule has 0 fully saturated rings. The highest BCUT2D eigenvalue weighted by Crippen LogP contribution is 2.09. The monoisotopic (exact) mass is 250 g/mol. The summed E-state index contributed by atoms with van der Waals surface area (Å²) >= 11 is 0. The molecule has 1 aromatic carbocycles. The Morgan fingerprint density at radius 3 is 2.44 bits per heavy atom. The maximum atomic E-state index is 11.7. The molecule has 1 aromatic rings. The minimum absolute atomic E-state index is 0.177. The summed E-state index contributed by atoms with van der Waals surface area (Å²) in [6, 6.07) is 8.59. The summed E-state index contributed by atoms with van der Waals surface area (Å²) < 4.78 is 4.80. The lowest BCUT2D eigenvalue weighted by molar-refractivity contribution is -0.155. The number of ether oxygens (including phenoxy) is 1. The molecule has 0 aliphatic heterocycles. The van der Waals surface area contributed by atoms with Crippen molar-refractivity contribution in [3.8, 4) is 0 Å². The first-order valence-electron chi connectivity index (χ1n) is 5.99. The Bertz CT molecular complexity index is 400. The van der Waals surface area contributed by atoms with E-state index in [9.17, 15) is 14.7 Å². The van der Waals surface area contributed by atoms with Gasteiger partial charge in [0.25, 0.3) is 0 Å². The van der Waals surface area contributed by atoms with Gasteiger partial charge in [-0.1, -0.05) is 50.6 Å². The number of Topliss-reactive ketones (excluding diaryl/α,β-unsaturated/α-hetero) is 1. The zero-order chi connectivity index (χ0) is 13.5. The van der Waals surface area contributed by atoms with Gasteiger partial charge in [-0.15, -0.1) is 0 Å². The van der Waals surface area contributed by atoms with Crippen LogP contribution in [0.2, 0.25) is 0 Å². The Kier molecular flexibility index (Phi) is 5.52. The molecule has 0 spiro atoms. The Morgan fingerprint density at radius 2 is 1.89 bits per heavy atom. The van der Waals surface area contributed by atoms with Gasteiger partial charge in [-0.2, -0.15) is 0 Å². The molecule has 1 rings (SSSR count). The lowest BCUT2D eigenvalue weighted by Gasteiger charge is -2.15. The average Bonchev–Trinajstić information content (AvgIpc) is 2.43. The van der Waals surface area contributed by atoms with Crippen LogP contribution < -0.4 is 0 Å². The van der Waals surface area contributed by atoms with E-state index in [0.717, 1.165) is 0 Å². The molecule has 0 bridgehead atoms. The van der Waals surface area contributed by atoms with Crippen LogP contribution in [0.4, 0.5) is 0 Å². The number of aliphatic hydroxyl groups excluding tert-OH is 1. The zero-order valence-electron chi connectivity index (χ0n) is 10.6. The van der Waals surface area contributed by atoms with Gasteiger partial charge in [0.1, 0.15) is 0 Å². The Labute approximate surface area is 107 Å². The second kappa shape index (κ2) is 6.91. The first-order chi connectivity index (χ1) is 8.56. The first kappa shape index (κ1) is 14.4. The number of carbonyl (C=O) groups is 2. The van der Waals surface area contributed by atoms with E-state index in [1.807, 2.05) is 6.92 Å². The molecule has 0 aliphatic carbocycles. The normalized spacial score (nSPS) is 13.7. The number of rotatable bonds is 6. The van der Waals surface area contributed by atoms with Gasteiger partial charge in [0.2, 0.25) is 0 Å². The molecular weight excluding hydrogens is 232 g/mol. The number of hydrogen-bond acceptors (Lipinski definition) is 4. The van der Waals surface area contributed by atoms with Gasteiger partial charge >= 0.3 is 5.97 Å². The SMILES string of the molecule is CC[C@@H](C)[C@@H](O)C(=O)OCC(=O)c1ccccc1. The zero-order valence-corrected chi connectivity index (χ0v) is 10.6. The Morgan fingerprint density at radius 1 is 1.28 bits per heavy atom. The largest absolute Gasteiger partial charge is 0.455 e. The highest BCUT2D eigenvalue weighted by Gasteiger charge is 2.23. The average molecular weight is 250 g/mol. The molecule has 0 saturated carbocycles. The molecule has 18 heavy (non-hydrogen) atoms. The van der Waals surface area contributed by atoms with E-state index in [0.29, 0.717) is 12.0 Å². The predicted molar refractivity (Wildman–Crippen MR) is 67.2 cm³/mol. The van der Waals surface area contributed by atoms with Crippen LogP contribution in [-0.4, -0.2) is 29.6 Å². The molecule has 1 N–H and O–H groups in total. The minimum Gasteiger partial charge on any atom is -0.455 e. The van der Waals surface area contributed by atoms with Crippen molar-refractivity contribution in [2.24, 2.45) is 5.92 Å². The van der Waals surface area contributed by atoms with Gasteiger partial charge in [0.15, 0.2) is 18.5 Å². The minimum atomic E-state index is -1.17. The van der Waals surface area contributed by atoms with E-state index in [1.54, 1.807) is 37.3 Å². The fraction of sp³-hybridized carbons (Fsp3) is 0.429. The number of carbonyl (C=O) groups excluding carboxylic acids is 2. The quantitative estimate of drug-likeness (QED) is 0.618. The van der Waals surface area contributed by atoms with Crippen molar-refractivity contribution >= 4 is 11.8 Å². The maximum Gasteiger partial charge on any atom is 0.335 e. The van der Waals surface area contributed by atoms with Crippen LogP contribution >= 0.6 is 0 Å². The summed E-state index contributed by atoms with van der Waals surface area (Å²) in [6.07, 6.45) is -0.498. The second-order valence-corrected chi connectivity index (χ2v) is 4.23. The summed E-state index contributed by atoms with van der Waals surface area (Å²) in [5.74, 6) is -1.20. The van der Waals surface area contributed by atoms with Crippen molar-refractivity contribution in [1.82, 2.24) is 0 Å². The molecule has 0 unspecified atom stereocenters. The second-order valence-electron chi connectivity index (χ2n) is 4.23. The molecule has 0 saturated heterocycles. The van der Waals surface area contributed by atoms with Crippen molar-refractivity contribution in [2.45, 2.75) is 26.4 Å². The lowest BCUT2D eigenvalue weighted by atomic mass is 10.0. The molecule has 98 valence electrons. The third kappa shape index (κ3) is 3.96. The molecule has 0 amide bonds. The fourth-order valence-corrected chi connectivity index (χ4v) is 1.39. The number of esters is 1. The van der Waals surface area contributed by atoms with E-state index >= 15 is 0 Å². The van der Waals surface area contributed by atoms with E-state index in [-0.39, 0.29) is 18.3 Å².